The van der Waals surface area contributed by atoms with Crippen LogP contribution in [0.4, 0.5) is 0 Å². The summed E-state index contributed by atoms with van der Waals surface area (Å²) in [4.78, 5) is 36.3. The maximum absolute atomic E-state index is 13.1. The lowest BCUT2D eigenvalue weighted by atomic mass is 9.96. The predicted octanol–water partition coefficient (Wildman–Crippen LogP) is 4.26. The number of Topliss-reactive ketones (excluding diaryl/α,β-unsaturated/α-hetero) is 2. The topological polar surface area (TPSA) is 118 Å². The number of ketones is 2. The maximum atomic E-state index is 13.1. The Morgan fingerprint density at radius 3 is 2.31 bits per heavy atom. The van der Waals surface area contributed by atoms with Crippen molar-refractivity contribution >= 4 is 17.5 Å². The molecule has 0 radical (unpaired) electrons. The van der Waals surface area contributed by atoms with E-state index in [2.05, 4.69) is 6.58 Å². The predicted molar refractivity (Wildman–Crippen MR) is 145 cm³/mol. The Morgan fingerprint density at radius 1 is 1.00 bits per heavy atom. The zero-order chi connectivity index (χ0) is 29.1. The second-order valence-corrected chi connectivity index (χ2v) is 9.76. The highest BCUT2D eigenvalue weighted by Crippen LogP contribution is 2.24. The van der Waals surface area contributed by atoms with Crippen molar-refractivity contribution in [1.29, 1.82) is 0 Å². The summed E-state index contributed by atoms with van der Waals surface area (Å²) in [5.74, 6) is 0.0425. The number of esters is 1. The van der Waals surface area contributed by atoms with Gasteiger partial charge >= 0.3 is 5.97 Å². The lowest BCUT2D eigenvalue weighted by Gasteiger charge is -2.28. The molecule has 0 saturated heterocycles. The van der Waals surface area contributed by atoms with Crippen LogP contribution in [0.3, 0.4) is 0 Å². The summed E-state index contributed by atoms with van der Waals surface area (Å²) in [6, 6.07) is 6.70. The number of allylic oxidation sites excluding steroid dienone is 4. The summed E-state index contributed by atoms with van der Waals surface area (Å²) >= 11 is 0. The molecule has 9 nitrogen and oxygen atoms in total. The van der Waals surface area contributed by atoms with E-state index in [1.807, 2.05) is 0 Å². The van der Waals surface area contributed by atoms with Crippen molar-refractivity contribution in [2.75, 3.05) is 26.4 Å². The summed E-state index contributed by atoms with van der Waals surface area (Å²) in [6.45, 7) is 12.1. The summed E-state index contributed by atoms with van der Waals surface area (Å²) in [5, 5.41) is 9.96. The van der Waals surface area contributed by atoms with Crippen LogP contribution in [0, 0.1) is 0 Å². The molecule has 0 spiro atoms. The van der Waals surface area contributed by atoms with Gasteiger partial charge in [0.25, 0.3) is 0 Å². The summed E-state index contributed by atoms with van der Waals surface area (Å²) < 4.78 is 27.5. The van der Waals surface area contributed by atoms with E-state index in [9.17, 15) is 19.5 Å². The molecule has 0 bridgehead atoms. The molecule has 0 aliphatic heterocycles. The van der Waals surface area contributed by atoms with Crippen LogP contribution >= 0.6 is 0 Å². The molecule has 2 rings (SSSR count). The van der Waals surface area contributed by atoms with Gasteiger partial charge in [-0.25, -0.2) is 4.79 Å². The summed E-state index contributed by atoms with van der Waals surface area (Å²) in [6.07, 6.45) is 7.66. The molecule has 212 valence electrons. The molecule has 1 aromatic carbocycles. The van der Waals surface area contributed by atoms with Gasteiger partial charge in [-0.2, -0.15) is 0 Å². The minimum atomic E-state index is -1.46. The standard InChI is InChI=1S/C30H38O9/c1-7-26(31)37-20-18-35-17-19-36-21(2)39-30(5,6)28(33)23-12-15-25(16-13-23)38-24-10-8-9-22(11-14-24)27(32)29(3,4)34/h7-9,11-16,21,34H,1,10,17-20H2,2-6H3. The van der Waals surface area contributed by atoms with Crippen LogP contribution in [0.25, 0.3) is 0 Å². The molecule has 1 atom stereocenters. The van der Waals surface area contributed by atoms with Gasteiger partial charge in [-0.3, -0.25) is 9.59 Å². The lowest BCUT2D eigenvalue weighted by Crippen LogP contribution is -2.39. The minimum Gasteiger partial charge on any atom is -0.461 e. The minimum absolute atomic E-state index is 0.124. The molecule has 0 aromatic heterocycles. The van der Waals surface area contributed by atoms with Gasteiger partial charge in [-0.05, 0) is 71.0 Å². The van der Waals surface area contributed by atoms with Crippen LogP contribution < -0.4 is 4.74 Å². The molecule has 1 aliphatic carbocycles. The smallest absolute Gasteiger partial charge is 0.330 e. The number of ether oxygens (including phenoxy) is 5. The lowest BCUT2D eigenvalue weighted by molar-refractivity contribution is -0.180. The van der Waals surface area contributed by atoms with Crippen LogP contribution in [0.5, 0.6) is 5.75 Å². The van der Waals surface area contributed by atoms with E-state index >= 15 is 0 Å². The maximum Gasteiger partial charge on any atom is 0.330 e. The van der Waals surface area contributed by atoms with Gasteiger partial charge < -0.3 is 28.8 Å². The van der Waals surface area contributed by atoms with Crippen molar-refractivity contribution in [3.05, 3.63) is 78.1 Å². The van der Waals surface area contributed by atoms with Crippen LogP contribution in [0.1, 0.15) is 51.4 Å². The second kappa shape index (κ2) is 14.7. The Labute approximate surface area is 229 Å². The van der Waals surface area contributed by atoms with Crippen LogP contribution in [-0.2, 0) is 28.5 Å². The van der Waals surface area contributed by atoms with Gasteiger partial charge in [-0.1, -0.05) is 18.7 Å². The second-order valence-electron chi connectivity index (χ2n) is 9.76. The average molecular weight is 543 g/mol. The fourth-order valence-corrected chi connectivity index (χ4v) is 3.50. The van der Waals surface area contributed by atoms with Gasteiger partial charge in [0.2, 0.25) is 0 Å². The Kier molecular flexibility index (Phi) is 12.0. The normalized spacial score (nSPS) is 14.5. The largest absolute Gasteiger partial charge is 0.461 e. The van der Waals surface area contributed by atoms with Gasteiger partial charge in [0, 0.05) is 23.6 Å². The third-order valence-corrected chi connectivity index (χ3v) is 5.47. The number of hydrogen-bond donors (Lipinski definition) is 1. The highest BCUT2D eigenvalue weighted by Gasteiger charge is 2.32. The van der Waals surface area contributed by atoms with Gasteiger partial charge in [0.15, 0.2) is 17.9 Å². The Bertz CT molecular complexity index is 1100. The number of benzene rings is 1. The molecule has 0 fully saturated rings. The van der Waals surface area contributed by atoms with Gasteiger partial charge in [0.1, 0.15) is 29.3 Å². The van der Waals surface area contributed by atoms with Crippen molar-refractivity contribution in [1.82, 2.24) is 0 Å². The fraction of sp³-hybridized carbons (Fsp3) is 0.433. The molecule has 1 N–H and O–H groups in total. The third kappa shape index (κ3) is 10.7. The first kappa shape index (κ1) is 31.8. The van der Waals surface area contributed by atoms with Crippen LogP contribution in [0.15, 0.2) is 72.6 Å². The van der Waals surface area contributed by atoms with Crippen molar-refractivity contribution in [3.8, 4) is 5.75 Å². The SMILES string of the molecule is C=CC(=O)OCCOCCOC(C)OC(C)(C)C(=O)c1ccc(OC2=CC=C(C(=O)C(C)(C)O)C=CC2)cc1. The Balaban J connectivity index is 1.85. The summed E-state index contributed by atoms with van der Waals surface area (Å²) in [7, 11) is 0. The van der Waals surface area contributed by atoms with Crippen molar-refractivity contribution in [2.24, 2.45) is 0 Å². The Morgan fingerprint density at radius 2 is 1.67 bits per heavy atom. The van der Waals surface area contributed by atoms with Crippen molar-refractivity contribution in [2.45, 2.75) is 58.5 Å². The van der Waals surface area contributed by atoms with E-state index in [0.29, 0.717) is 29.1 Å². The average Bonchev–Trinajstić information content (AvgIpc) is 3.12. The van der Waals surface area contributed by atoms with Gasteiger partial charge in [0.05, 0.1) is 19.8 Å². The molecular weight excluding hydrogens is 504 g/mol. The van der Waals surface area contributed by atoms with E-state index in [1.165, 1.54) is 13.8 Å². The Hall–Kier alpha value is -3.37. The van der Waals surface area contributed by atoms with E-state index in [4.69, 9.17) is 23.7 Å². The van der Waals surface area contributed by atoms with Crippen molar-refractivity contribution < 1.29 is 43.2 Å². The molecule has 1 unspecified atom stereocenters. The van der Waals surface area contributed by atoms with E-state index in [1.54, 1.807) is 69.3 Å². The molecule has 39 heavy (non-hydrogen) atoms. The summed E-state index contributed by atoms with van der Waals surface area (Å²) in [5.41, 5.74) is -1.77. The highest BCUT2D eigenvalue weighted by molar-refractivity contribution is 6.03. The molecule has 1 aliphatic rings. The first-order valence-corrected chi connectivity index (χ1v) is 12.7. The third-order valence-electron chi connectivity index (χ3n) is 5.47. The molecular formula is C30H38O9. The van der Waals surface area contributed by atoms with E-state index in [0.717, 1.165) is 6.08 Å². The number of hydrogen-bond acceptors (Lipinski definition) is 9. The molecule has 1 aromatic rings. The molecule has 9 heteroatoms. The number of rotatable bonds is 16. The zero-order valence-electron chi connectivity index (χ0n) is 23.2. The van der Waals surface area contributed by atoms with Gasteiger partial charge in [-0.15, -0.1) is 0 Å². The van der Waals surface area contributed by atoms with Crippen LogP contribution in [0.2, 0.25) is 0 Å². The number of aliphatic hydroxyl groups is 1. The van der Waals surface area contributed by atoms with Crippen molar-refractivity contribution in [3.63, 3.8) is 0 Å². The first-order valence-electron chi connectivity index (χ1n) is 12.7. The highest BCUT2D eigenvalue weighted by atomic mass is 16.7. The fourth-order valence-electron chi connectivity index (χ4n) is 3.50. The monoisotopic (exact) mass is 542 g/mol. The number of carbonyl (C=O) groups excluding carboxylic acids is 3. The number of carbonyl (C=O) groups is 3. The van der Waals surface area contributed by atoms with E-state index in [-0.39, 0.29) is 38.0 Å². The van der Waals surface area contributed by atoms with E-state index < -0.39 is 23.5 Å². The molecule has 0 saturated carbocycles. The molecule has 0 amide bonds. The first-order chi connectivity index (χ1) is 18.3. The quantitative estimate of drug-likeness (QED) is 0.107. The molecule has 0 heterocycles. The zero-order valence-corrected chi connectivity index (χ0v) is 23.2. The van der Waals surface area contributed by atoms with Crippen LogP contribution in [-0.4, -0.2) is 66.6 Å².